The Labute approximate surface area is 52.1 Å². The second-order valence-corrected chi connectivity index (χ2v) is 0. The summed E-state index contributed by atoms with van der Waals surface area (Å²) in [5.41, 5.74) is 0. The summed E-state index contributed by atoms with van der Waals surface area (Å²) >= 11 is 0. The van der Waals surface area contributed by atoms with E-state index in [4.69, 9.17) is 0 Å². The summed E-state index contributed by atoms with van der Waals surface area (Å²) in [4.78, 5) is 0. The molecule has 0 aromatic rings. The molecule has 0 spiro atoms. The largest absolute Gasteiger partial charge is 2.00 e. The Hall–Kier alpha value is 0.971. The van der Waals surface area contributed by atoms with Crippen LogP contribution in [0.4, 0.5) is 0 Å². The van der Waals surface area contributed by atoms with Crippen LogP contribution in [0.15, 0.2) is 0 Å². The van der Waals surface area contributed by atoms with Gasteiger partial charge in [0.1, 0.15) is 0 Å². The third kappa shape index (κ3) is 46.5. The minimum atomic E-state index is 0. The van der Waals surface area contributed by atoms with Crippen molar-refractivity contribution in [2.24, 2.45) is 0 Å². The molecule has 3 N–H and O–H groups in total. The molecule has 32 valence electrons. The summed E-state index contributed by atoms with van der Waals surface area (Å²) in [6, 6.07) is 0. The minimum Gasteiger partial charge on any atom is -2.00 e. The van der Waals surface area contributed by atoms with Crippen LogP contribution >= 0.6 is 0 Å². The van der Waals surface area contributed by atoms with E-state index in [9.17, 15) is 0 Å². The SMILES string of the molecule is O.[Al+3].[AsH3].[O-2].[OH-]. The van der Waals surface area contributed by atoms with Gasteiger partial charge in [0.2, 0.25) is 0 Å². The van der Waals surface area contributed by atoms with Gasteiger partial charge in [0, 0.05) is 0 Å². The minimum absolute atomic E-state index is 0. The second kappa shape index (κ2) is 83.1. The Kier molecular flexibility index (Phi) is 2600. The fourth-order valence-electron chi connectivity index (χ4n) is 0. The molecule has 3 nitrogen and oxygen atoms in total. The van der Waals surface area contributed by atoms with E-state index >= 15 is 0 Å². The third-order valence-electron chi connectivity index (χ3n) is 0. The zero-order valence-corrected chi connectivity index (χ0v) is 6.76. The van der Waals surface area contributed by atoms with Gasteiger partial charge in [0.05, 0.1) is 0 Å². The maximum atomic E-state index is 0. The monoisotopic (exact) mass is 156 g/mol. The van der Waals surface area contributed by atoms with Crippen LogP contribution in [0, 0.1) is 0 Å². The molecule has 0 bridgehead atoms. The second-order valence-electron chi connectivity index (χ2n) is 0. The predicted octanol–water partition coefficient (Wildman–Crippen LogP) is -2.69. The molecule has 0 aliphatic heterocycles. The van der Waals surface area contributed by atoms with Crippen molar-refractivity contribution in [3.05, 3.63) is 0 Å². The first-order chi connectivity index (χ1) is 0. The quantitative estimate of drug-likeness (QED) is 0.351. The van der Waals surface area contributed by atoms with E-state index in [2.05, 4.69) is 0 Å². The van der Waals surface area contributed by atoms with Gasteiger partial charge in [-0.1, -0.05) is 0 Å². The molecule has 0 aliphatic carbocycles. The fourth-order valence-corrected chi connectivity index (χ4v) is 0. The van der Waals surface area contributed by atoms with Crippen molar-refractivity contribution in [1.29, 1.82) is 0 Å². The van der Waals surface area contributed by atoms with Crippen LogP contribution in [-0.2, 0) is 5.48 Å². The van der Waals surface area contributed by atoms with E-state index in [0.29, 0.717) is 0 Å². The van der Waals surface area contributed by atoms with E-state index < -0.39 is 0 Å². The van der Waals surface area contributed by atoms with Crippen molar-refractivity contribution in [3.63, 3.8) is 0 Å². The van der Waals surface area contributed by atoms with Crippen molar-refractivity contribution in [2.45, 2.75) is 0 Å². The van der Waals surface area contributed by atoms with Crippen LogP contribution in [-0.4, -0.2) is 46.3 Å². The first kappa shape index (κ1) is 157. The molecule has 1 unspecified atom stereocenters. The number of hydrogen-bond donors (Lipinski definition) is 0. The summed E-state index contributed by atoms with van der Waals surface area (Å²) in [6.45, 7) is 0. The Morgan fingerprint density at radius 2 is 1.00 bits per heavy atom. The molecule has 0 aliphatic rings. The Bertz CT molecular complexity index is 6.85. The first-order valence-corrected chi connectivity index (χ1v) is 0. The van der Waals surface area contributed by atoms with Crippen LogP contribution in [0.25, 0.3) is 0 Å². The normalized spacial score (nSPS) is 0. The molecule has 5 heteroatoms. The van der Waals surface area contributed by atoms with Gasteiger partial charge in [-0.05, 0) is 0 Å². The standard InChI is InChI=1S/Al.AsH3.2H2O.O/h;1H3;2*1H2;/q+3;;;;-2/p-1. The van der Waals surface area contributed by atoms with Crippen molar-refractivity contribution < 1.29 is 16.4 Å². The molecule has 0 saturated carbocycles. The maximum absolute atomic E-state index is 0. The Morgan fingerprint density at radius 1 is 1.00 bits per heavy atom. The first-order valence-electron chi connectivity index (χ1n) is 0. The zero-order chi connectivity index (χ0) is 0. The third-order valence-corrected chi connectivity index (χ3v) is 0. The van der Waals surface area contributed by atoms with Crippen molar-refractivity contribution in [3.8, 4) is 0 Å². The molecule has 0 fully saturated rings. The Balaban J connectivity index is 0. The van der Waals surface area contributed by atoms with Gasteiger partial charge in [-0.25, -0.2) is 0 Å². The molecule has 0 aromatic carbocycles. The van der Waals surface area contributed by atoms with Gasteiger partial charge in [-0.3, -0.25) is 0 Å². The summed E-state index contributed by atoms with van der Waals surface area (Å²) < 4.78 is 0. The van der Waals surface area contributed by atoms with Crippen molar-refractivity contribution in [2.75, 3.05) is 0 Å². The van der Waals surface area contributed by atoms with Crippen molar-refractivity contribution in [1.82, 2.24) is 0 Å². The summed E-state index contributed by atoms with van der Waals surface area (Å²) in [7, 11) is 0. The molecule has 1 atom stereocenters. The molecule has 0 aromatic heterocycles. The molecule has 0 amide bonds. The summed E-state index contributed by atoms with van der Waals surface area (Å²) in [5.74, 6) is 0. The van der Waals surface area contributed by atoms with Crippen molar-refractivity contribution >= 4 is 35.3 Å². The number of rotatable bonds is 0. The van der Waals surface area contributed by atoms with Gasteiger partial charge in [0.15, 0.2) is 0 Å². The molecular weight excluding hydrogens is 150 g/mol. The van der Waals surface area contributed by atoms with Crippen LogP contribution < -0.4 is 0 Å². The van der Waals surface area contributed by atoms with Gasteiger partial charge in [-0.2, -0.15) is 0 Å². The topological polar surface area (TPSA) is 90.0 Å². The van der Waals surface area contributed by atoms with Crippen LogP contribution in [0.1, 0.15) is 0 Å². The predicted molar refractivity (Wildman–Crippen MR) is 21.9 cm³/mol. The van der Waals surface area contributed by atoms with E-state index in [-0.39, 0.29) is 51.7 Å². The van der Waals surface area contributed by atoms with Crippen LogP contribution in [0.5, 0.6) is 0 Å². The average Bonchev–Trinajstić information content (AvgIpc) is 0. The van der Waals surface area contributed by atoms with Crippen LogP contribution in [0.2, 0.25) is 0 Å². The van der Waals surface area contributed by atoms with Gasteiger partial charge in [0.25, 0.3) is 0 Å². The molecule has 0 rings (SSSR count). The molecule has 0 heterocycles. The Morgan fingerprint density at radius 3 is 1.00 bits per heavy atom. The number of hydrogen-bond acceptors (Lipinski definition) is 1. The summed E-state index contributed by atoms with van der Waals surface area (Å²) in [5, 5.41) is 0. The van der Waals surface area contributed by atoms with Gasteiger partial charge >= 0.3 is 35.3 Å². The average molecular weight is 156 g/mol. The molecular formula is H6AlAsO3. The van der Waals surface area contributed by atoms with E-state index in [1.54, 1.807) is 0 Å². The van der Waals surface area contributed by atoms with E-state index in [1.165, 1.54) is 0 Å². The fraction of sp³-hybridized carbons (Fsp3) is 0. The smallest absolute Gasteiger partial charge is 0.870 e. The molecule has 0 saturated heterocycles. The summed E-state index contributed by atoms with van der Waals surface area (Å²) in [6.07, 6.45) is 0. The van der Waals surface area contributed by atoms with Crippen LogP contribution in [0.3, 0.4) is 0 Å². The van der Waals surface area contributed by atoms with Gasteiger partial charge < -0.3 is 16.4 Å². The van der Waals surface area contributed by atoms with E-state index in [1.807, 2.05) is 0 Å². The van der Waals surface area contributed by atoms with Gasteiger partial charge in [-0.15, -0.1) is 0 Å². The molecule has 5 heavy (non-hydrogen) atoms. The van der Waals surface area contributed by atoms with E-state index in [0.717, 1.165) is 0 Å². The maximum Gasteiger partial charge on any atom is -0.870 e. The molecule has 0 radical (unpaired) electrons. The zero-order valence-electron chi connectivity index (χ0n) is 2.64.